The number of nitrogens with zero attached hydrogens (tertiary/aromatic N) is 3. The lowest BCUT2D eigenvalue weighted by Crippen LogP contribution is -2.45. The van der Waals surface area contributed by atoms with Crippen LogP contribution >= 0.6 is 22.7 Å². The Morgan fingerprint density at radius 3 is 2.56 bits per heavy atom. The number of esters is 1. The van der Waals surface area contributed by atoms with E-state index in [1.54, 1.807) is 34.6 Å². The van der Waals surface area contributed by atoms with E-state index in [9.17, 15) is 19.2 Å². The summed E-state index contributed by atoms with van der Waals surface area (Å²) in [5.74, 6) is -0.594. The van der Waals surface area contributed by atoms with Crippen LogP contribution in [0.1, 0.15) is 24.6 Å². The number of likely N-dealkylation sites (tertiary alicyclic amines) is 1. The first kappa shape index (κ1) is 22.5. The van der Waals surface area contributed by atoms with Crippen molar-refractivity contribution in [3.63, 3.8) is 0 Å². The summed E-state index contributed by atoms with van der Waals surface area (Å²) < 4.78 is 8.20. The number of piperidine rings is 1. The molecule has 0 N–H and O–H groups in total. The minimum absolute atomic E-state index is 0.130. The van der Waals surface area contributed by atoms with Crippen molar-refractivity contribution in [3.05, 3.63) is 54.7 Å². The Balaban J connectivity index is 1.53. The van der Waals surface area contributed by atoms with E-state index < -0.39 is 5.69 Å². The van der Waals surface area contributed by atoms with Crippen LogP contribution in [0.15, 0.2) is 38.5 Å². The molecule has 4 rings (SSSR count). The molecular weight excluding hydrogens is 450 g/mol. The largest absolute Gasteiger partial charge is 0.466 e. The van der Waals surface area contributed by atoms with Crippen LogP contribution in [0.3, 0.4) is 0 Å². The number of thiophene rings is 2. The number of rotatable bonds is 7. The molecule has 0 unspecified atom stereocenters. The molecule has 0 atom stereocenters. The Hall–Kier alpha value is -2.72. The maximum atomic E-state index is 13.2. The molecule has 4 heterocycles. The van der Waals surface area contributed by atoms with E-state index >= 15 is 0 Å². The van der Waals surface area contributed by atoms with Crippen LogP contribution in [0.25, 0.3) is 10.2 Å². The molecule has 0 bridgehead atoms. The lowest BCUT2D eigenvalue weighted by molar-refractivity contribution is -0.151. The quantitative estimate of drug-likeness (QED) is 0.489. The Morgan fingerprint density at radius 2 is 1.88 bits per heavy atom. The van der Waals surface area contributed by atoms with Crippen molar-refractivity contribution >= 4 is 44.8 Å². The monoisotopic (exact) mass is 475 g/mol. The number of aryl methyl sites for hydroxylation is 1. The average Bonchev–Trinajstić information content (AvgIpc) is 3.49. The number of ether oxygens (including phenoxy) is 1. The van der Waals surface area contributed by atoms with Gasteiger partial charge in [0.2, 0.25) is 5.91 Å². The minimum atomic E-state index is -0.466. The highest BCUT2D eigenvalue weighted by Gasteiger charge is 2.29. The summed E-state index contributed by atoms with van der Waals surface area (Å²) in [6, 6.07) is 5.63. The van der Waals surface area contributed by atoms with Gasteiger partial charge in [-0.3, -0.25) is 23.5 Å². The van der Waals surface area contributed by atoms with E-state index in [4.69, 9.17) is 4.74 Å². The SMILES string of the molecule is CCOC(=O)C1CCN(C(=O)Cn2c(=O)n(CCc3cccs3)c(=O)c3sccc32)CC1. The van der Waals surface area contributed by atoms with Crippen LogP contribution < -0.4 is 11.2 Å². The molecule has 3 aromatic rings. The molecule has 1 saturated heterocycles. The first-order chi connectivity index (χ1) is 15.5. The summed E-state index contributed by atoms with van der Waals surface area (Å²) in [4.78, 5) is 53.8. The van der Waals surface area contributed by atoms with Gasteiger partial charge in [-0.25, -0.2) is 4.79 Å². The Bertz CT molecular complexity index is 1220. The molecule has 0 aromatic carbocycles. The second kappa shape index (κ2) is 9.83. The summed E-state index contributed by atoms with van der Waals surface area (Å²) in [7, 11) is 0. The maximum Gasteiger partial charge on any atom is 0.332 e. The van der Waals surface area contributed by atoms with Crippen molar-refractivity contribution in [3.8, 4) is 0 Å². The highest BCUT2D eigenvalue weighted by Crippen LogP contribution is 2.20. The molecule has 3 aromatic heterocycles. The Morgan fingerprint density at radius 1 is 1.09 bits per heavy atom. The summed E-state index contributed by atoms with van der Waals surface area (Å²) in [6.07, 6.45) is 1.68. The van der Waals surface area contributed by atoms with Gasteiger partial charge in [-0.1, -0.05) is 6.07 Å². The zero-order chi connectivity index (χ0) is 22.7. The molecule has 1 amide bonds. The lowest BCUT2D eigenvalue weighted by atomic mass is 9.97. The third kappa shape index (κ3) is 4.56. The van der Waals surface area contributed by atoms with Crippen molar-refractivity contribution in [1.29, 1.82) is 0 Å². The molecule has 0 saturated carbocycles. The van der Waals surface area contributed by atoms with E-state index in [0.29, 0.717) is 49.2 Å². The third-order valence-electron chi connectivity index (χ3n) is 5.76. The lowest BCUT2D eigenvalue weighted by Gasteiger charge is -2.31. The second-order valence-electron chi connectivity index (χ2n) is 7.70. The molecule has 1 aliphatic rings. The number of aromatic nitrogens is 2. The van der Waals surface area contributed by atoms with E-state index in [1.807, 2.05) is 17.5 Å². The van der Waals surface area contributed by atoms with Crippen LogP contribution in [0.5, 0.6) is 0 Å². The van der Waals surface area contributed by atoms with Gasteiger partial charge in [0.15, 0.2) is 0 Å². The van der Waals surface area contributed by atoms with Crippen LogP contribution in [-0.2, 0) is 33.8 Å². The normalized spacial score (nSPS) is 14.7. The predicted molar refractivity (Wildman–Crippen MR) is 124 cm³/mol. The zero-order valence-electron chi connectivity index (χ0n) is 17.8. The number of hydrogen-bond donors (Lipinski definition) is 0. The van der Waals surface area contributed by atoms with E-state index in [0.717, 1.165) is 4.88 Å². The third-order valence-corrected chi connectivity index (χ3v) is 7.59. The molecule has 1 aliphatic heterocycles. The van der Waals surface area contributed by atoms with Crippen molar-refractivity contribution in [1.82, 2.24) is 14.0 Å². The highest BCUT2D eigenvalue weighted by molar-refractivity contribution is 7.17. The number of carbonyl (C=O) groups is 2. The summed E-state index contributed by atoms with van der Waals surface area (Å²) >= 11 is 2.86. The molecule has 1 fully saturated rings. The average molecular weight is 476 g/mol. The van der Waals surface area contributed by atoms with Crippen LogP contribution in [0.4, 0.5) is 0 Å². The molecule has 170 valence electrons. The molecule has 0 spiro atoms. The number of fused-ring (bicyclic) bond motifs is 1. The predicted octanol–water partition coefficient (Wildman–Crippen LogP) is 2.33. The second-order valence-corrected chi connectivity index (χ2v) is 9.65. The fraction of sp³-hybridized carbons (Fsp3) is 0.455. The van der Waals surface area contributed by atoms with Crippen molar-refractivity contribution < 1.29 is 14.3 Å². The Kier molecular flexibility index (Phi) is 6.90. The molecule has 8 nitrogen and oxygen atoms in total. The molecule has 0 radical (unpaired) electrons. The minimum Gasteiger partial charge on any atom is -0.466 e. The topological polar surface area (TPSA) is 90.6 Å². The standard InChI is InChI=1S/C22H25N3O5S2/c1-2-30-21(28)15-5-9-23(10-6-15)18(26)14-25-17-8-13-32-19(17)20(27)24(22(25)29)11-7-16-4-3-12-31-16/h3-4,8,12-13,15H,2,5-7,9-11,14H2,1H3. The fourth-order valence-corrected chi connectivity index (χ4v) is 5.56. The first-order valence-corrected chi connectivity index (χ1v) is 12.4. The molecule has 10 heteroatoms. The van der Waals surface area contributed by atoms with Gasteiger partial charge in [-0.2, -0.15) is 0 Å². The molecule has 0 aliphatic carbocycles. The van der Waals surface area contributed by atoms with Crippen molar-refractivity contribution in [2.45, 2.75) is 39.3 Å². The van der Waals surface area contributed by atoms with E-state index in [-0.39, 0.29) is 36.4 Å². The summed E-state index contributed by atoms with van der Waals surface area (Å²) in [6.45, 7) is 3.16. The number of carbonyl (C=O) groups excluding carboxylic acids is 2. The smallest absolute Gasteiger partial charge is 0.332 e. The van der Waals surface area contributed by atoms with Crippen LogP contribution in [-0.4, -0.2) is 45.6 Å². The van der Waals surface area contributed by atoms with E-state index in [1.165, 1.54) is 20.5 Å². The number of amides is 1. The Labute approximate surface area is 192 Å². The molecule has 32 heavy (non-hydrogen) atoms. The van der Waals surface area contributed by atoms with Gasteiger partial charge in [0.1, 0.15) is 11.2 Å². The first-order valence-electron chi connectivity index (χ1n) is 10.7. The van der Waals surface area contributed by atoms with Crippen molar-refractivity contribution in [2.75, 3.05) is 19.7 Å². The zero-order valence-corrected chi connectivity index (χ0v) is 19.5. The highest BCUT2D eigenvalue weighted by atomic mass is 32.1. The summed E-state index contributed by atoms with van der Waals surface area (Å²) in [5.41, 5.74) is -0.283. The van der Waals surface area contributed by atoms with Crippen LogP contribution in [0, 0.1) is 5.92 Å². The maximum absolute atomic E-state index is 13.2. The van der Waals surface area contributed by atoms with Gasteiger partial charge < -0.3 is 9.64 Å². The van der Waals surface area contributed by atoms with Gasteiger partial charge >= 0.3 is 11.7 Å². The van der Waals surface area contributed by atoms with Crippen LogP contribution in [0.2, 0.25) is 0 Å². The van der Waals surface area contributed by atoms with Gasteiger partial charge in [-0.15, -0.1) is 22.7 Å². The van der Waals surface area contributed by atoms with Gasteiger partial charge in [0.05, 0.1) is 18.0 Å². The fourth-order valence-electron chi connectivity index (χ4n) is 4.02. The molecular formula is C22H25N3O5S2. The van der Waals surface area contributed by atoms with Gasteiger partial charge in [0.25, 0.3) is 5.56 Å². The van der Waals surface area contributed by atoms with Crippen molar-refractivity contribution in [2.24, 2.45) is 5.92 Å². The van der Waals surface area contributed by atoms with Gasteiger partial charge in [0, 0.05) is 24.5 Å². The van der Waals surface area contributed by atoms with Gasteiger partial charge in [-0.05, 0) is 49.1 Å². The summed E-state index contributed by atoms with van der Waals surface area (Å²) in [5, 5.41) is 3.73. The van der Waals surface area contributed by atoms with E-state index in [2.05, 4.69) is 0 Å². The number of hydrogen-bond acceptors (Lipinski definition) is 7.